The van der Waals surface area contributed by atoms with Crippen molar-refractivity contribution in [2.24, 2.45) is 0 Å². The first-order valence-corrected chi connectivity index (χ1v) is 6.19. The Bertz CT molecular complexity index is 167. The Morgan fingerprint density at radius 3 is 1.38 bits per heavy atom. The largest absolute Gasteiger partial charge is 4.00 e. The first-order valence-electron chi connectivity index (χ1n) is 2.45. The van der Waals surface area contributed by atoms with Gasteiger partial charge in [-0.15, -0.1) is 0 Å². The third-order valence-electron chi connectivity index (χ3n) is 0.589. The molecule has 9 heteroatoms. The Hall–Kier alpha value is 1.74. The molecule has 68 valence electrons. The van der Waals surface area contributed by atoms with E-state index in [2.05, 4.69) is 20.6 Å². The van der Waals surface area contributed by atoms with E-state index in [-0.39, 0.29) is 51.0 Å². The molecule has 0 radical (unpaired) electrons. The first-order chi connectivity index (χ1) is 5.00. The van der Waals surface area contributed by atoms with Crippen molar-refractivity contribution in [1.29, 1.82) is 0 Å². The summed E-state index contributed by atoms with van der Waals surface area (Å²) in [5.74, 6) is 9.75. The van der Waals surface area contributed by atoms with Gasteiger partial charge in [-0.3, -0.25) is 9.02 Å². The van der Waals surface area contributed by atoms with Crippen LogP contribution in [0.5, 0.6) is 0 Å². The van der Waals surface area contributed by atoms with Crippen LogP contribution in [0.4, 0.5) is 0 Å². The molecule has 2 aromatic heterocycles. The van der Waals surface area contributed by atoms with Crippen molar-refractivity contribution < 1.29 is 51.0 Å². The van der Waals surface area contributed by atoms with Gasteiger partial charge < -0.3 is 36.4 Å². The van der Waals surface area contributed by atoms with E-state index >= 15 is 0 Å². The predicted octanol–water partition coefficient (Wildman–Crippen LogP) is -3.01. The Morgan fingerprint density at radius 2 is 1.31 bits per heavy atom. The second-order valence-electron chi connectivity index (χ2n) is 1.21. The molecule has 0 N–H and O–H groups in total. The Labute approximate surface area is 116 Å². The van der Waals surface area contributed by atoms with Crippen LogP contribution in [0, 0.1) is 11.6 Å². The van der Waals surface area contributed by atoms with Gasteiger partial charge in [-0.25, -0.2) is 11.6 Å². The summed E-state index contributed by atoms with van der Waals surface area (Å²) < 4.78 is 7.83. The van der Waals surface area contributed by atoms with Crippen LogP contribution in [0.3, 0.4) is 0 Å². The van der Waals surface area contributed by atoms with E-state index < -0.39 is 0 Å². The maximum absolute atomic E-state index is 3.92. The third kappa shape index (κ3) is 13.7. The van der Waals surface area contributed by atoms with E-state index in [1.54, 1.807) is 0 Å². The number of nitrogens with zero attached hydrogens (tertiary/aromatic N) is 2. The van der Waals surface area contributed by atoms with Crippen molar-refractivity contribution in [2.75, 3.05) is 0 Å². The Balaban J connectivity index is -0.000000125. The fraction of sp³-hybridized carbons (Fsp3) is 0. The van der Waals surface area contributed by atoms with E-state index in [4.69, 9.17) is 0 Å². The average molecular weight is 366 g/mol. The zero-order chi connectivity index (χ0) is 7.07. The number of aromatic nitrogens is 2. The molecule has 2 heterocycles. The minimum absolute atomic E-state index is 0. The SMILES string of the molecule is [Cl-].[Cl-].[Zr+4].[c-]1c[pH]np1.[c-]1c[pH]np1. The van der Waals surface area contributed by atoms with Crippen LogP contribution >= 0.6 is 33.4 Å². The second kappa shape index (κ2) is 16.2. The van der Waals surface area contributed by atoms with Crippen molar-refractivity contribution in [3.8, 4) is 0 Å². The monoisotopic (exact) mass is 364 g/mol. The van der Waals surface area contributed by atoms with Gasteiger partial charge in [0.25, 0.3) is 0 Å². The smallest absolute Gasteiger partial charge is 1.00 e. The molecule has 2 atom stereocenters. The van der Waals surface area contributed by atoms with Crippen molar-refractivity contribution in [3.05, 3.63) is 23.2 Å². The minimum atomic E-state index is 0. The zero-order valence-corrected chi connectivity index (χ0v) is 14.0. The van der Waals surface area contributed by atoms with Gasteiger partial charge in [0, 0.05) is 0 Å². The van der Waals surface area contributed by atoms with Gasteiger partial charge in [-0.05, 0) is 0 Å². The molecule has 0 aliphatic rings. The van der Waals surface area contributed by atoms with Crippen LogP contribution in [-0.2, 0) is 26.2 Å². The quantitative estimate of drug-likeness (QED) is 0.465. The maximum Gasteiger partial charge on any atom is 4.00 e. The van der Waals surface area contributed by atoms with Gasteiger partial charge in [0.1, 0.15) is 0 Å². The summed E-state index contributed by atoms with van der Waals surface area (Å²) in [5, 5.41) is 0. The normalized spacial score (nSPS) is 8.62. The second-order valence-corrected chi connectivity index (χ2v) is 4.82. The molecule has 2 rings (SSSR count). The first kappa shape index (κ1) is 20.2. The van der Waals surface area contributed by atoms with Crippen LogP contribution in [0.15, 0.2) is 11.6 Å². The molecule has 0 amide bonds. The molecule has 0 bridgehead atoms. The summed E-state index contributed by atoms with van der Waals surface area (Å²) in [5.41, 5.74) is 0. The molecular weight excluding hydrogens is 362 g/mol. The fourth-order valence-electron chi connectivity index (χ4n) is 0.289. The topological polar surface area (TPSA) is 25.8 Å². The number of hydrogen-bond acceptors (Lipinski definition) is 2. The van der Waals surface area contributed by atoms with Crippen LogP contribution in [0.25, 0.3) is 0 Å². The molecule has 0 fully saturated rings. The van der Waals surface area contributed by atoms with Crippen molar-refractivity contribution in [3.63, 3.8) is 0 Å². The zero-order valence-electron chi connectivity index (χ0n) is 6.20. The summed E-state index contributed by atoms with van der Waals surface area (Å²) in [4.78, 5) is 0. The number of hydrogen-bond donors (Lipinski definition) is 0. The Morgan fingerprint density at radius 1 is 0.923 bits per heavy atom. The summed E-state index contributed by atoms with van der Waals surface area (Å²) in [6.07, 6.45) is 0. The van der Waals surface area contributed by atoms with Crippen molar-refractivity contribution >= 4 is 33.4 Å². The van der Waals surface area contributed by atoms with Crippen molar-refractivity contribution in [1.82, 2.24) is 9.02 Å². The van der Waals surface area contributed by atoms with E-state index in [1.165, 1.54) is 0 Å². The van der Waals surface area contributed by atoms with Gasteiger partial charge in [-0.2, -0.15) is 16.7 Å². The summed E-state index contributed by atoms with van der Waals surface area (Å²) >= 11 is 0. The third-order valence-corrected chi connectivity index (χ3v) is 3.83. The molecule has 0 spiro atoms. The fourth-order valence-corrected chi connectivity index (χ4v) is 2.60. The van der Waals surface area contributed by atoms with E-state index in [9.17, 15) is 0 Å². The average Bonchev–Trinajstić information content (AvgIpc) is 2.67. The molecule has 13 heavy (non-hydrogen) atoms. The van der Waals surface area contributed by atoms with Gasteiger partial charge in [0.2, 0.25) is 0 Å². The van der Waals surface area contributed by atoms with Crippen molar-refractivity contribution in [2.45, 2.75) is 0 Å². The van der Waals surface area contributed by atoms with Crippen LogP contribution in [-0.4, -0.2) is 9.02 Å². The molecule has 2 unspecified atom stereocenters. The summed E-state index contributed by atoms with van der Waals surface area (Å²) in [6, 6.07) is 0. The van der Waals surface area contributed by atoms with Crippen LogP contribution in [0.2, 0.25) is 0 Å². The molecule has 0 aliphatic heterocycles. The maximum atomic E-state index is 3.92. The van der Waals surface area contributed by atoms with E-state index in [0.717, 1.165) is 16.7 Å². The molecule has 0 aliphatic carbocycles. The predicted molar refractivity (Wildman–Crippen MR) is 50.2 cm³/mol. The van der Waals surface area contributed by atoms with Crippen LogP contribution < -0.4 is 24.8 Å². The molecular formula is C4H4Cl2N2P4Zr. The summed E-state index contributed by atoms with van der Waals surface area (Å²) in [6.45, 7) is 0. The van der Waals surface area contributed by atoms with Gasteiger partial charge >= 0.3 is 26.2 Å². The molecule has 2 aromatic rings. The summed E-state index contributed by atoms with van der Waals surface area (Å²) in [7, 11) is 3.42. The van der Waals surface area contributed by atoms with Gasteiger partial charge in [-0.1, -0.05) is 16.7 Å². The van der Waals surface area contributed by atoms with Gasteiger partial charge in [0.15, 0.2) is 0 Å². The number of rotatable bonds is 0. The number of halogens is 2. The van der Waals surface area contributed by atoms with Gasteiger partial charge in [0.05, 0.1) is 0 Å². The Kier molecular flexibility index (Phi) is 25.1. The molecule has 0 aromatic carbocycles. The minimum Gasteiger partial charge on any atom is -1.00 e. The molecule has 0 saturated carbocycles. The standard InChI is InChI=1S/2C2H2NP2.2ClH.Zr/c2*1-2-5-3-4-1;;;/h2*1,4H;2*1H;/q2*-1;;;+4/p-2. The van der Waals surface area contributed by atoms with E-state index in [0.29, 0.717) is 16.7 Å². The molecule has 0 saturated heterocycles. The van der Waals surface area contributed by atoms with E-state index in [1.807, 2.05) is 11.6 Å². The van der Waals surface area contributed by atoms with Crippen LogP contribution in [0.1, 0.15) is 0 Å². The molecule has 2 nitrogen and oxygen atoms in total.